The average molecular weight is 184 g/mol. The van der Waals surface area contributed by atoms with E-state index in [2.05, 4.69) is 0 Å². The van der Waals surface area contributed by atoms with Gasteiger partial charge in [-0.15, -0.1) is 0 Å². The summed E-state index contributed by atoms with van der Waals surface area (Å²) in [7, 11) is 0. The maximum atomic E-state index is 13.0. The number of benzene rings is 1. The molecule has 1 atom stereocenters. The van der Waals surface area contributed by atoms with E-state index in [9.17, 15) is 9.50 Å². The van der Waals surface area contributed by atoms with E-state index in [-0.39, 0.29) is 11.7 Å². The lowest BCUT2D eigenvalue weighted by molar-refractivity contribution is 0.420. The van der Waals surface area contributed by atoms with Crippen molar-refractivity contribution < 1.29 is 9.50 Å². The highest BCUT2D eigenvalue weighted by Crippen LogP contribution is 2.29. The van der Waals surface area contributed by atoms with E-state index in [0.717, 1.165) is 6.07 Å². The molecular weight excluding hydrogens is 171 g/mol. The molecule has 0 fully saturated rings. The molecule has 4 heteroatoms. The van der Waals surface area contributed by atoms with Crippen LogP contribution in [0.4, 0.5) is 10.1 Å². The highest BCUT2D eigenvalue weighted by atomic mass is 19.1. The zero-order valence-electron chi connectivity index (χ0n) is 7.42. The van der Waals surface area contributed by atoms with E-state index in [0.29, 0.717) is 12.0 Å². The fraction of sp³-hybridized carbons (Fsp3) is 0.333. The van der Waals surface area contributed by atoms with Gasteiger partial charge in [-0.25, -0.2) is 4.39 Å². The average Bonchev–Trinajstić information content (AvgIpc) is 2.10. The largest absolute Gasteiger partial charge is 0.505 e. The molecule has 0 unspecified atom stereocenters. The lowest BCUT2D eigenvalue weighted by Gasteiger charge is -2.12. The van der Waals surface area contributed by atoms with Crippen LogP contribution in [-0.4, -0.2) is 5.11 Å². The number of hydrogen-bond acceptors (Lipinski definition) is 3. The minimum absolute atomic E-state index is 0.272. The second-order valence-electron chi connectivity index (χ2n) is 2.96. The molecule has 0 bridgehead atoms. The summed E-state index contributed by atoms with van der Waals surface area (Å²) in [6.45, 7) is 1.85. The topological polar surface area (TPSA) is 72.3 Å². The molecule has 1 aromatic carbocycles. The third-order valence-electron chi connectivity index (χ3n) is 1.95. The molecule has 0 aromatic heterocycles. The zero-order chi connectivity index (χ0) is 10.0. The molecule has 0 aliphatic heterocycles. The van der Waals surface area contributed by atoms with E-state index in [1.54, 1.807) is 0 Å². The highest BCUT2D eigenvalue weighted by molar-refractivity contribution is 5.49. The van der Waals surface area contributed by atoms with Crippen LogP contribution in [0.3, 0.4) is 0 Å². The first-order valence-electron chi connectivity index (χ1n) is 4.09. The number of phenols is 1. The molecule has 0 saturated heterocycles. The summed E-state index contributed by atoms with van der Waals surface area (Å²) in [5.41, 5.74) is 11.7. The predicted octanol–water partition coefficient (Wildman–Crippen LogP) is 1.52. The van der Waals surface area contributed by atoms with Crippen LogP contribution < -0.4 is 11.5 Å². The molecule has 1 rings (SSSR count). The SMILES string of the molecule is CC[C@@H](N)c1cc(N)cc(F)c1O. The summed E-state index contributed by atoms with van der Waals surface area (Å²) in [5, 5.41) is 9.31. The van der Waals surface area contributed by atoms with Gasteiger partial charge in [-0.05, 0) is 12.5 Å². The minimum Gasteiger partial charge on any atom is -0.505 e. The van der Waals surface area contributed by atoms with Crippen molar-refractivity contribution in [3.05, 3.63) is 23.5 Å². The van der Waals surface area contributed by atoms with Gasteiger partial charge in [-0.2, -0.15) is 0 Å². The molecule has 72 valence electrons. The third-order valence-corrected chi connectivity index (χ3v) is 1.95. The van der Waals surface area contributed by atoms with Crippen molar-refractivity contribution in [2.45, 2.75) is 19.4 Å². The van der Waals surface area contributed by atoms with Gasteiger partial charge in [0.1, 0.15) is 0 Å². The Morgan fingerprint density at radius 1 is 1.54 bits per heavy atom. The maximum absolute atomic E-state index is 13.0. The van der Waals surface area contributed by atoms with Crippen molar-refractivity contribution in [3.8, 4) is 5.75 Å². The van der Waals surface area contributed by atoms with Gasteiger partial charge in [0.15, 0.2) is 11.6 Å². The number of halogens is 1. The van der Waals surface area contributed by atoms with Gasteiger partial charge < -0.3 is 16.6 Å². The fourth-order valence-corrected chi connectivity index (χ4v) is 1.14. The first kappa shape index (κ1) is 9.80. The lowest BCUT2D eigenvalue weighted by atomic mass is 10.0. The Balaban J connectivity index is 3.20. The van der Waals surface area contributed by atoms with Gasteiger partial charge >= 0.3 is 0 Å². The molecule has 5 N–H and O–H groups in total. The van der Waals surface area contributed by atoms with Gasteiger partial charge in [0.2, 0.25) is 0 Å². The molecule has 0 amide bonds. The van der Waals surface area contributed by atoms with Gasteiger partial charge in [0.25, 0.3) is 0 Å². The van der Waals surface area contributed by atoms with Crippen molar-refractivity contribution in [1.29, 1.82) is 0 Å². The minimum atomic E-state index is -0.723. The van der Waals surface area contributed by atoms with Crippen LogP contribution in [0.15, 0.2) is 12.1 Å². The Morgan fingerprint density at radius 3 is 2.69 bits per heavy atom. The molecule has 0 aliphatic rings. The van der Waals surface area contributed by atoms with Crippen molar-refractivity contribution in [2.75, 3.05) is 5.73 Å². The Morgan fingerprint density at radius 2 is 2.15 bits per heavy atom. The second kappa shape index (κ2) is 3.62. The van der Waals surface area contributed by atoms with Crippen LogP contribution in [0, 0.1) is 5.82 Å². The fourth-order valence-electron chi connectivity index (χ4n) is 1.14. The predicted molar refractivity (Wildman–Crippen MR) is 49.7 cm³/mol. The van der Waals surface area contributed by atoms with Crippen molar-refractivity contribution in [2.24, 2.45) is 5.73 Å². The van der Waals surface area contributed by atoms with Crippen molar-refractivity contribution in [3.63, 3.8) is 0 Å². The van der Waals surface area contributed by atoms with Gasteiger partial charge in [-0.1, -0.05) is 6.92 Å². The van der Waals surface area contributed by atoms with Gasteiger partial charge in [0.05, 0.1) is 0 Å². The standard InChI is InChI=1S/C9H13FN2O/c1-2-8(12)6-3-5(11)4-7(10)9(6)13/h3-4,8,13H,2,11-12H2,1H3/t8-/m1/s1. The Kier molecular flexibility index (Phi) is 2.72. The van der Waals surface area contributed by atoms with Crippen LogP contribution in [-0.2, 0) is 0 Å². The quantitative estimate of drug-likeness (QED) is 0.482. The van der Waals surface area contributed by atoms with E-state index in [4.69, 9.17) is 11.5 Å². The molecular formula is C9H13FN2O. The molecule has 13 heavy (non-hydrogen) atoms. The Hall–Kier alpha value is -1.29. The van der Waals surface area contributed by atoms with Crippen LogP contribution in [0.5, 0.6) is 5.75 Å². The first-order valence-corrected chi connectivity index (χ1v) is 4.09. The van der Waals surface area contributed by atoms with Crippen molar-refractivity contribution in [1.82, 2.24) is 0 Å². The highest BCUT2D eigenvalue weighted by Gasteiger charge is 2.13. The smallest absolute Gasteiger partial charge is 0.167 e. The molecule has 0 spiro atoms. The number of rotatable bonds is 2. The van der Waals surface area contributed by atoms with Gasteiger partial charge in [-0.3, -0.25) is 0 Å². The monoisotopic (exact) mass is 184 g/mol. The van der Waals surface area contributed by atoms with E-state index in [1.807, 2.05) is 6.92 Å². The molecule has 0 heterocycles. The van der Waals surface area contributed by atoms with E-state index in [1.165, 1.54) is 6.07 Å². The lowest BCUT2D eigenvalue weighted by Crippen LogP contribution is -2.10. The summed E-state index contributed by atoms with van der Waals surface area (Å²) in [5.74, 6) is -1.12. The molecule has 1 aromatic rings. The third kappa shape index (κ3) is 1.89. The first-order chi connectivity index (χ1) is 6.06. The van der Waals surface area contributed by atoms with Crippen LogP contribution >= 0.6 is 0 Å². The number of phenolic OH excluding ortho intramolecular Hbond substituents is 1. The Bertz CT molecular complexity index is 315. The Labute approximate surface area is 76.2 Å². The number of hydrogen-bond donors (Lipinski definition) is 3. The molecule has 0 aliphatic carbocycles. The number of aromatic hydroxyl groups is 1. The zero-order valence-corrected chi connectivity index (χ0v) is 7.42. The van der Waals surface area contributed by atoms with E-state index >= 15 is 0 Å². The molecule has 0 saturated carbocycles. The number of nitrogens with two attached hydrogens (primary N) is 2. The van der Waals surface area contributed by atoms with Crippen LogP contribution in [0.2, 0.25) is 0 Å². The number of anilines is 1. The normalized spacial score (nSPS) is 12.8. The summed E-state index contributed by atoms with van der Waals surface area (Å²) in [4.78, 5) is 0. The molecule has 0 radical (unpaired) electrons. The molecule has 3 nitrogen and oxygen atoms in total. The van der Waals surface area contributed by atoms with E-state index < -0.39 is 11.6 Å². The van der Waals surface area contributed by atoms with Crippen LogP contribution in [0.1, 0.15) is 24.9 Å². The van der Waals surface area contributed by atoms with Crippen LogP contribution in [0.25, 0.3) is 0 Å². The summed E-state index contributed by atoms with van der Waals surface area (Å²) < 4.78 is 13.0. The second-order valence-corrected chi connectivity index (χ2v) is 2.96. The number of nitrogen functional groups attached to an aromatic ring is 1. The summed E-state index contributed by atoms with van der Waals surface area (Å²) in [6.07, 6.45) is 0.621. The summed E-state index contributed by atoms with van der Waals surface area (Å²) >= 11 is 0. The maximum Gasteiger partial charge on any atom is 0.167 e. The van der Waals surface area contributed by atoms with Gasteiger partial charge in [0, 0.05) is 23.4 Å². The summed E-state index contributed by atoms with van der Waals surface area (Å²) in [6, 6.07) is 2.19. The van der Waals surface area contributed by atoms with Crippen molar-refractivity contribution >= 4 is 5.69 Å².